The fourth-order valence-corrected chi connectivity index (χ4v) is 3.08. The third-order valence-electron chi connectivity index (χ3n) is 4.76. The predicted molar refractivity (Wildman–Crippen MR) is 97.7 cm³/mol. The zero-order valence-electron chi connectivity index (χ0n) is 14.4. The Morgan fingerprint density at radius 3 is 2.76 bits per heavy atom. The molecule has 0 bridgehead atoms. The maximum atomic E-state index is 6.27. The Morgan fingerprint density at radius 1 is 1.16 bits per heavy atom. The molecule has 1 saturated carbocycles. The van der Waals surface area contributed by atoms with Crippen LogP contribution in [0.1, 0.15) is 19.3 Å². The van der Waals surface area contributed by atoms with Crippen LogP contribution in [0.4, 0.5) is 11.4 Å². The molecule has 3 heterocycles. The molecule has 0 radical (unpaired) electrons. The Hall–Kier alpha value is -2.34. The van der Waals surface area contributed by atoms with Gasteiger partial charge in [0, 0.05) is 24.8 Å². The van der Waals surface area contributed by atoms with Gasteiger partial charge in [-0.3, -0.25) is 9.97 Å². The van der Waals surface area contributed by atoms with E-state index in [1.807, 2.05) is 18.3 Å². The topological polar surface area (TPSA) is 73.5 Å². The monoisotopic (exact) mass is 340 g/mol. The number of rotatable bonds is 6. The maximum absolute atomic E-state index is 6.27. The lowest BCUT2D eigenvalue weighted by Gasteiger charge is -2.28. The lowest BCUT2D eigenvalue weighted by Crippen LogP contribution is -2.36. The Labute approximate surface area is 148 Å². The second kappa shape index (κ2) is 7.27. The van der Waals surface area contributed by atoms with Gasteiger partial charge in [-0.2, -0.15) is 0 Å². The Morgan fingerprint density at radius 2 is 2.00 bits per heavy atom. The van der Waals surface area contributed by atoms with Gasteiger partial charge in [0.2, 0.25) is 0 Å². The van der Waals surface area contributed by atoms with Gasteiger partial charge in [-0.1, -0.05) is 12.8 Å². The molecule has 4 rings (SSSR count). The highest BCUT2D eigenvalue weighted by Crippen LogP contribution is 2.33. The molecule has 1 aliphatic heterocycles. The summed E-state index contributed by atoms with van der Waals surface area (Å²) in [6.45, 7) is 3.96. The van der Waals surface area contributed by atoms with Gasteiger partial charge in [0.15, 0.2) is 0 Å². The van der Waals surface area contributed by atoms with E-state index in [1.54, 1.807) is 12.4 Å². The summed E-state index contributed by atoms with van der Waals surface area (Å²) in [5, 5.41) is 0. The smallest absolute Gasteiger partial charge is 0.138 e. The highest BCUT2D eigenvalue weighted by atomic mass is 16.5. The molecule has 2 fully saturated rings. The first-order valence-electron chi connectivity index (χ1n) is 8.96. The third-order valence-corrected chi connectivity index (χ3v) is 4.76. The zero-order chi connectivity index (χ0) is 17.1. The number of morpholine rings is 1. The standard InChI is InChI=1S/C19H24N4O2/c20-18-10-16(23-4-7-24-8-5-23)12-22-19(18)15-9-17(13-21-11-15)25-6-3-14-1-2-14/h9-14H,1-8,20H2. The van der Waals surface area contributed by atoms with Crippen LogP contribution in [0.2, 0.25) is 0 Å². The Balaban J connectivity index is 1.48. The van der Waals surface area contributed by atoms with Crippen molar-refractivity contribution in [3.05, 3.63) is 30.7 Å². The quantitative estimate of drug-likeness (QED) is 0.872. The molecular formula is C19H24N4O2. The van der Waals surface area contributed by atoms with Gasteiger partial charge in [-0.15, -0.1) is 0 Å². The van der Waals surface area contributed by atoms with Crippen LogP contribution in [0.25, 0.3) is 11.3 Å². The van der Waals surface area contributed by atoms with Crippen molar-refractivity contribution in [1.82, 2.24) is 9.97 Å². The first kappa shape index (κ1) is 16.1. The number of pyridine rings is 2. The fourth-order valence-electron chi connectivity index (χ4n) is 3.08. The van der Waals surface area contributed by atoms with E-state index in [1.165, 1.54) is 12.8 Å². The summed E-state index contributed by atoms with van der Waals surface area (Å²) < 4.78 is 11.2. The van der Waals surface area contributed by atoms with Gasteiger partial charge in [-0.25, -0.2) is 0 Å². The van der Waals surface area contributed by atoms with Crippen LogP contribution in [-0.4, -0.2) is 42.9 Å². The second-order valence-electron chi connectivity index (χ2n) is 6.72. The Kier molecular flexibility index (Phi) is 4.70. The predicted octanol–water partition coefficient (Wildman–Crippen LogP) is 2.74. The van der Waals surface area contributed by atoms with Gasteiger partial charge in [-0.05, 0) is 24.5 Å². The number of ether oxygens (including phenoxy) is 2. The number of nitrogen functional groups attached to an aromatic ring is 1. The van der Waals surface area contributed by atoms with E-state index < -0.39 is 0 Å². The summed E-state index contributed by atoms with van der Waals surface area (Å²) in [7, 11) is 0. The van der Waals surface area contributed by atoms with E-state index in [9.17, 15) is 0 Å². The summed E-state index contributed by atoms with van der Waals surface area (Å²) >= 11 is 0. The summed E-state index contributed by atoms with van der Waals surface area (Å²) in [4.78, 5) is 11.1. The number of aromatic nitrogens is 2. The van der Waals surface area contributed by atoms with Crippen LogP contribution < -0.4 is 15.4 Å². The van der Waals surface area contributed by atoms with Gasteiger partial charge in [0.05, 0.1) is 49.3 Å². The van der Waals surface area contributed by atoms with Crippen molar-refractivity contribution >= 4 is 11.4 Å². The average Bonchev–Trinajstić information content (AvgIpc) is 3.47. The minimum atomic E-state index is 0.654. The molecule has 132 valence electrons. The summed E-state index contributed by atoms with van der Waals surface area (Å²) in [6, 6.07) is 3.95. The molecule has 0 spiro atoms. The SMILES string of the molecule is Nc1cc(N2CCOCC2)cnc1-c1cncc(OCCC2CC2)c1. The molecule has 2 aromatic heterocycles. The summed E-state index contributed by atoms with van der Waals surface area (Å²) in [5.74, 6) is 1.64. The van der Waals surface area contributed by atoms with Crippen molar-refractivity contribution in [1.29, 1.82) is 0 Å². The number of anilines is 2. The van der Waals surface area contributed by atoms with E-state index in [4.69, 9.17) is 15.2 Å². The lowest BCUT2D eigenvalue weighted by atomic mass is 10.1. The highest BCUT2D eigenvalue weighted by molar-refractivity contribution is 5.75. The molecule has 0 amide bonds. The maximum Gasteiger partial charge on any atom is 0.138 e. The van der Waals surface area contributed by atoms with Crippen LogP contribution in [0.5, 0.6) is 5.75 Å². The number of nitrogens with zero attached hydrogens (tertiary/aromatic N) is 3. The number of hydrogen-bond acceptors (Lipinski definition) is 6. The molecule has 6 nitrogen and oxygen atoms in total. The van der Waals surface area contributed by atoms with Crippen molar-refractivity contribution in [2.24, 2.45) is 5.92 Å². The van der Waals surface area contributed by atoms with Crippen LogP contribution in [0, 0.1) is 5.92 Å². The van der Waals surface area contributed by atoms with Crippen LogP contribution in [-0.2, 0) is 4.74 Å². The minimum Gasteiger partial charge on any atom is -0.492 e. The van der Waals surface area contributed by atoms with E-state index in [-0.39, 0.29) is 0 Å². The second-order valence-corrected chi connectivity index (χ2v) is 6.72. The molecular weight excluding hydrogens is 316 g/mol. The molecule has 2 aromatic rings. The van der Waals surface area contributed by atoms with E-state index in [2.05, 4.69) is 14.9 Å². The van der Waals surface area contributed by atoms with E-state index in [0.717, 1.165) is 67.9 Å². The lowest BCUT2D eigenvalue weighted by molar-refractivity contribution is 0.122. The first-order valence-corrected chi connectivity index (χ1v) is 8.96. The molecule has 1 aliphatic carbocycles. The summed E-state index contributed by atoms with van der Waals surface area (Å²) in [5.41, 5.74) is 9.59. The molecule has 6 heteroatoms. The molecule has 2 N–H and O–H groups in total. The first-order chi connectivity index (χ1) is 12.3. The van der Waals surface area contributed by atoms with Crippen LogP contribution in [0.15, 0.2) is 30.7 Å². The molecule has 0 atom stereocenters. The Bertz CT molecular complexity index is 727. The normalized spacial score (nSPS) is 17.5. The van der Waals surface area contributed by atoms with Gasteiger partial charge >= 0.3 is 0 Å². The number of nitrogens with two attached hydrogens (primary N) is 1. The number of hydrogen-bond donors (Lipinski definition) is 1. The van der Waals surface area contributed by atoms with E-state index in [0.29, 0.717) is 5.69 Å². The third kappa shape index (κ3) is 4.02. The molecule has 0 unspecified atom stereocenters. The van der Waals surface area contributed by atoms with Crippen LogP contribution in [0.3, 0.4) is 0 Å². The fraction of sp³-hybridized carbons (Fsp3) is 0.474. The highest BCUT2D eigenvalue weighted by Gasteiger charge is 2.20. The van der Waals surface area contributed by atoms with Gasteiger partial charge in [0.1, 0.15) is 5.75 Å². The zero-order valence-corrected chi connectivity index (χ0v) is 14.4. The van der Waals surface area contributed by atoms with Crippen molar-refractivity contribution in [2.75, 3.05) is 43.5 Å². The molecule has 0 aromatic carbocycles. The summed E-state index contributed by atoms with van der Waals surface area (Å²) in [6.07, 6.45) is 9.21. The van der Waals surface area contributed by atoms with Gasteiger partial charge < -0.3 is 20.1 Å². The van der Waals surface area contributed by atoms with Crippen LogP contribution >= 0.6 is 0 Å². The van der Waals surface area contributed by atoms with Gasteiger partial charge in [0.25, 0.3) is 0 Å². The minimum absolute atomic E-state index is 0.654. The van der Waals surface area contributed by atoms with Crippen molar-refractivity contribution in [3.8, 4) is 17.0 Å². The molecule has 1 saturated heterocycles. The van der Waals surface area contributed by atoms with Crippen molar-refractivity contribution in [3.63, 3.8) is 0 Å². The van der Waals surface area contributed by atoms with Crippen molar-refractivity contribution in [2.45, 2.75) is 19.3 Å². The molecule has 25 heavy (non-hydrogen) atoms. The molecule has 2 aliphatic rings. The largest absolute Gasteiger partial charge is 0.492 e. The van der Waals surface area contributed by atoms with Crippen molar-refractivity contribution < 1.29 is 9.47 Å². The average molecular weight is 340 g/mol. The van der Waals surface area contributed by atoms with E-state index >= 15 is 0 Å².